The number of nitrogens with zero attached hydrogens (tertiary/aromatic N) is 1. The Hall–Kier alpha value is -1.76. The highest BCUT2D eigenvalue weighted by Gasteiger charge is 2.01. The number of rotatable bonds is 2. The predicted molar refractivity (Wildman–Crippen MR) is 62.2 cm³/mol. The van der Waals surface area contributed by atoms with Gasteiger partial charge in [0.2, 0.25) is 0 Å². The highest BCUT2D eigenvalue weighted by atomic mass is 14.9. The Balaban J connectivity index is 2.66. The van der Waals surface area contributed by atoms with Gasteiger partial charge in [-0.1, -0.05) is 43.0 Å². The van der Waals surface area contributed by atoms with Gasteiger partial charge in [-0.3, -0.25) is 0 Å². The maximum absolute atomic E-state index is 3.67. The minimum atomic E-state index is 1.24. The Morgan fingerprint density at radius 3 is 2.86 bits per heavy atom. The normalized spacial score (nSPS) is 11.2. The van der Waals surface area contributed by atoms with Crippen LogP contribution in [0.15, 0.2) is 49.2 Å². The molecule has 1 aromatic carbocycles. The van der Waals surface area contributed by atoms with Gasteiger partial charge in [0.15, 0.2) is 0 Å². The van der Waals surface area contributed by atoms with Gasteiger partial charge in [0.25, 0.3) is 0 Å². The standard InChI is InChI=1S/C13H13N/c1-3-4-7-11-10-14(2)13-9-6-5-8-12(11)13/h3-10H,1H2,2H3. The summed E-state index contributed by atoms with van der Waals surface area (Å²) in [5.41, 5.74) is 2.50. The topological polar surface area (TPSA) is 4.93 Å². The summed E-state index contributed by atoms with van der Waals surface area (Å²) in [5, 5.41) is 1.29. The Morgan fingerprint density at radius 2 is 2.07 bits per heavy atom. The average molecular weight is 183 g/mol. The fourth-order valence-electron chi connectivity index (χ4n) is 1.68. The van der Waals surface area contributed by atoms with Crippen LogP contribution >= 0.6 is 0 Å². The molecule has 1 nitrogen and oxygen atoms in total. The number of aryl methyl sites for hydroxylation is 1. The monoisotopic (exact) mass is 183 g/mol. The Bertz CT molecular complexity index is 489. The smallest absolute Gasteiger partial charge is 0.0483 e. The lowest BCUT2D eigenvalue weighted by Gasteiger charge is -1.92. The fourth-order valence-corrected chi connectivity index (χ4v) is 1.68. The summed E-state index contributed by atoms with van der Waals surface area (Å²) in [6, 6.07) is 8.38. The maximum Gasteiger partial charge on any atom is 0.0483 e. The molecule has 0 amide bonds. The van der Waals surface area contributed by atoms with Gasteiger partial charge in [-0.15, -0.1) is 0 Å². The molecule has 0 N–H and O–H groups in total. The molecule has 0 aliphatic rings. The van der Waals surface area contributed by atoms with Crippen LogP contribution in [0.2, 0.25) is 0 Å². The average Bonchev–Trinajstić information content (AvgIpc) is 2.54. The Morgan fingerprint density at radius 1 is 1.29 bits per heavy atom. The molecule has 0 aliphatic carbocycles. The van der Waals surface area contributed by atoms with Crippen LogP contribution in [0.25, 0.3) is 17.0 Å². The third-order valence-corrected chi connectivity index (χ3v) is 2.34. The van der Waals surface area contributed by atoms with Crippen molar-refractivity contribution in [2.24, 2.45) is 7.05 Å². The minimum absolute atomic E-state index is 1.24. The number of hydrogen-bond acceptors (Lipinski definition) is 0. The number of hydrogen-bond donors (Lipinski definition) is 0. The van der Waals surface area contributed by atoms with Crippen LogP contribution in [0.1, 0.15) is 5.56 Å². The van der Waals surface area contributed by atoms with Crippen molar-refractivity contribution < 1.29 is 0 Å². The van der Waals surface area contributed by atoms with Crippen LogP contribution in [0.4, 0.5) is 0 Å². The van der Waals surface area contributed by atoms with Crippen molar-refractivity contribution in [3.8, 4) is 0 Å². The second kappa shape index (κ2) is 3.54. The zero-order valence-corrected chi connectivity index (χ0v) is 8.27. The van der Waals surface area contributed by atoms with Gasteiger partial charge in [-0.2, -0.15) is 0 Å². The largest absolute Gasteiger partial charge is 0.350 e. The van der Waals surface area contributed by atoms with Gasteiger partial charge in [0.1, 0.15) is 0 Å². The van der Waals surface area contributed by atoms with E-state index in [2.05, 4.69) is 54.7 Å². The number of para-hydroxylation sites is 1. The van der Waals surface area contributed by atoms with Gasteiger partial charge < -0.3 is 4.57 Å². The van der Waals surface area contributed by atoms with Gasteiger partial charge in [-0.05, 0) is 11.6 Å². The Kier molecular flexibility index (Phi) is 2.23. The molecule has 0 fully saturated rings. The van der Waals surface area contributed by atoms with E-state index in [-0.39, 0.29) is 0 Å². The molecule has 1 aromatic heterocycles. The molecule has 0 saturated carbocycles. The lowest BCUT2D eigenvalue weighted by atomic mass is 10.1. The van der Waals surface area contributed by atoms with E-state index in [1.54, 1.807) is 6.08 Å². The van der Waals surface area contributed by atoms with Crippen LogP contribution in [-0.2, 0) is 7.05 Å². The van der Waals surface area contributed by atoms with E-state index in [1.165, 1.54) is 16.5 Å². The van der Waals surface area contributed by atoms with E-state index in [0.717, 1.165) is 0 Å². The summed E-state index contributed by atoms with van der Waals surface area (Å²) in [4.78, 5) is 0. The van der Waals surface area contributed by atoms with Gasteiger partial charge in [-0.25, -0.2) is 0 Å². The van der Waals surface area contributed by atoms with E-state index in [1.807, 2.05) is 6.08 Å². The fraction of sp³-hybridized carbons (Fsp3) is 0.0769. The predicted octanol–water partition coefficient (Wildman–Crippen LogP) is 3.38. The molecule has 1 heteroatoms. The highest BCUT2D eigenvalue weighted by Crippen LogP contribution is 2.21. The van der Waals surface area contributed by atoms with Gasteiger partial charge in [0.05, 0.1) is 0 Å². The van der Waals surface area contributed by atoms with E-state index in [4.69, 9.17) is 0 Å². The van der Waals surface area contributed by atoms with Gasteiger partial charge >= 0.3 is 0 Å². The van der Waals surface area contributed by atoms with Crippen LogP contribution in [0.5, 0.6) is 0 Å². The van der Waals surface area contributed by atoms with E-state index in [9.17, 15) is 0 Å². The van der Waals surface area contributed by atoms with Crippen molar-refractivity contribution in [3.63, 3.8) is 0 Å². The molecule has 0 unspecified atom stereocenters. The Labute approximate surface area is 84.0 Å². The SMILES string of the molecule is C=CC=Cc1cn(C)c2ccccc12. The second-order valence-electron chi connectivity index (χ2n) is 3.31. The van der Waals surface area contributed by atoms with Crippen molar-refractivity contribution in [1.82, 2.24) is 4.57 Å². The molecule has 0 radical (unpaired) electrons. The van der Waals surface area contributed by atoms with Gasteiger partial charge in [0, 0.05) is 24.1 Å². The lowest BCUT2D eigenvalue weighted by Crippen LogP contribution is -1.81. The first-order chi connectivity index (χ1) is 6.83. The molecule has 14 heavy (non-hydrogen) atoms. The van der Waals surface area contributed by atoms with Crippen LogP contribution in [0, 0.1) is 0 Å². The van der Waals surface area contributed by atoms with Crippen molar-refractivity contribution in [2.75, 3.05) is 0 Å². The first-order valence-electron chi connectivity index (χ1n) is 4.66. The molecule has 0 atom stereocenters. The summed E-state index contributed by atoms with van der Waals surface area (Å²) in [6.07, 6.45) is 7.96. The molecule has 0 saturated heterocycles. The number of benzene rings is 1. The first kappa shape index (κ1) is 8.82. The zero-order chi connectivity index (χ0) is 9.97. The van der Waals surface area contributed by atoms with Crippen molar-refractivity contribution in [1.29, 1.82) is 0 Å². The zero-order valence-electron chi connectivity index (χ0n) is 8.27. The maximum atomic E-state index is 3.67. The third-order valence-electron chi connectivity index (χ3n) is 2.34. The highest BCUT2D eigenvalue weighted by molar-refractivity contribution is 5.89. The minimum Gasteiger partial charge on any atom is -0.350 e. The molecule has 1 heterocycles. The second-order valence-corrected chi connectivity index (χ2v) is 3.31. The molecular formula is C13H13N. The molecule has 0 aliphatic heterocycles. The summed E-state index contributed by atoms with van der Waals surface area (Å²) in [6.45, 7) is 3.67. The van der Waals surface area contributed by atoms with Crippen molar-refractivity contribution in [3.05, 3.63) is 54.8 Å². The van der Waals surface area contributed by atoms with Crippen molar-refractivity contribution >= 4 is 17.0 Å². The van der Waals surface area contributed by atoms with E-state index < -0.39 is 0 Å². The number of allylic oxidation sites excluding steroid dienone is 2. The number of aromatic nitrogens is 1. The lowest BCUT2D eigenvalue weighted by molar-refractivity contribution is 0.968. The molecule has 2 aromatic rings. The van der Waals surface area contributed by atoms with Crippen LogP contribution < -0.4 is 0 Å². The number of fused-ring (bicyclic) bond motifs is 1. The quantitative estimate of drug-likeness (QED) is 0.629. The summed E-state index contributed by atoms with van der Waals surface area (Å²) < 4.78 is 2.14. The molecule has 0 spiro atoms. The molecule has 0 bridgehead atoms. The molecule has 2 rings (SSSR count). The molecular weight excluding hydrogens is 170 g/mol. The van der Waals surface area contributed by atoms with Crippen LogP contribution in [-0.4, -0.2) is 4.57 Å². The van der Waals surface area contributed by atoms with Crippen LogP contribution in [0.3, 0.4) is 0 Å². The summed E-state index contributed by atoms with van der Waals surface area (Å²) in [5.74, 6) is 0. The third kappa shape index (κ3) is 1.37. The molecule has 70 valence electrons. The van der Waals surface area contributed by atoms with E-state index in [0.29, 0.717) is 0 Å². The van der Waals surface area contributed by atoms with Crippen molar-refractivity contribution in [2.45, 2.75) is 0 Å². The van der Waals surface area contributed by atoms with E-state index >= 15 is 0 Å². The summed E-state index contributed by atoms with van der Waals surface area (Å²) in [7, 11) is 2.06. The summed E-state index contributed by atoms with van der Waals surface area (Å²) >= 11 is 0. The first-order valence-corrected chi connectivity index (χ1v) is 4.66.